The molecule has 0 N–H and O–H groups in total. The van der Waals surface area contributed by atoms with E-state index in [1.165, 1.54) is 34.6 Å². The van der Waals surface area contributed by atoms with Crippen molar-refractivity contribution in [1.29, 1.82) is 0 Å². The van der Waals surface area contributed by atoms with Crippen LogP contribution in [0.2, 0.25) is 0 Å². The van der Waals surface area contributed by atoms with Crippen molar-refractivity contribution in [2.24, 2.45) is 0 Å². The number of rotatable bonds is 7. The highest BCUT2D eigenvalue weighted by molar-refractivity contribution is 7.87. The van der Waals surface area contributed by atoms with Gasteiger partial charge in [-0.2, -0.15) is 11.1 Å². The summed E-state index contributed by atoms with van der Waals surface area (Å²) in [6.45, 7) is 7.11. The third-order valence-corrected chi connectivity index (χ3v) is 16.5. The second kappa shape index (κ2) is 11.8. The van der Waals surface area contributed by atoms with E-state index in [4.69, 9.17) is 11.4 Å². The summed E-state index contributed by atoms with van der Waals surface area (Å²) >= 11 is 0. The van der Waals surface area contributed by atoms with Crippen molar-refractivity contribution in [3.8, 4) is 0 Å². The van der Waals surface area contributed by atoms with E-state index in [9.17, 15) is 0 Å². The van der Waals surface area contributed by atoms with Gasteiger partial charge < -0.3 is 4.74 Å². The minimum Gasteiger partial charge on any atom is -0.381 e. The molecule has 0 radical (unpaired) electrons. The summed E-state index contributed by atoms with van der Waals surface area (Å²) in [6, 6.07) is 45.5. The van der Waals surface area contributed by atoms with Crippen LogP contribution in [0, 0.1) is 6.66 Å². The van der Waals surface area contributed by atoms with Crippen LogP contribution >= 0.6 is 15.5 Å². The van der Waals surface area contributed by atoms with Gasteiger partial charge in [-0.05, 0) is 54.8 Å². The Labute approximate surface area is 230 Å². The standard InChI is InChI=1S/C34H37NOP2/c1-38(33(28-14-6-2-7-15-28)22-23-34(38)29-16-8-3-9-17-29)35(30-24-26-36-27-25-30)37(31-18-10-4-11-19-31)32-20-12-5-13-21-32/h2-21,30,33-34H,1,22-27H2/t33-,34-/m1/s1. The Bertz CT molecular complexity index is 1190. The molecule has 0 saturated carbocycles. The molecule has 6 rings (SSSR count). The second-order valence-electron chi connectivity index (χ2n) is 10.5. The van der Waals surface area contributed by atoms with Gasteiger partial charge in [-0.25, -0.2) is 0 Å². The van der Waals surface area contributed by atoms with E-state index in [0.717, 1.165) is 26.1 Å². The summed E-state index contributed by atoms with van der Waals surface area (Å²) in [5, 5.41) is 2.85. The highest BCUT2D eigenvalue weighted by Crippen LogP contribution is 2.89. The number of benzene rings is 4. The monoisotopic (exact) mass is 537 g/mol. The van der Waals surface area contributed by atoms with Gasteiger partial charge in [0.05, 0.1) is 25.4 Å². The summed E-state index contributed by atoms with van der Waals surface area (Å²) < 4.78 is 8.96. The van der Waals surface area contributed by atoms with Crippen molar-refractivity contribution in [2.45, 2.75) is 43.0 Å². The van der Waals surface area contributed by atoms with Gasteiger partial charge in [-0.1, -0.05) is 121 Å². The van der Waals surface area contributed by atoms with Gasteiger partial charge in [0, 0.05) is 13.2 Å². The van der Waals surface area contributed by atoms with Gasteiger partial charge in [0.15, 0.2) is 0 Å². The van der Waals surface area contributed by atoms with E-state index in [-0.39, 0.29) is 0 Å². The lowest BCUT2D eigenvalue weighted by molar-refractivity contribution is 0.0722. The van der Waals surface area contributed by atoms with E-state index >= 15 is 0 Å². The maximum Gasteiger partial charge on any atom is 0.0845 e. The second-order valence-corrected chi connectivity index (χ2v) is 16.3. The Hall–Kier alpha value is -2.34. The lowest BCUT2D eigenvalue weighted by Crippen LogP contribution is -2.41. The Morgan fingerprint density at radius 2 is 0.974 bits per heavy atom. The van der Waals surface area contributed by atoms with Crippen molar-refractivity contribution in [2.75, 3.05) is 13.2 Å². The lowest BCUT2D eigenvalue weighted by Gasteiger charge is -2.52. The van der Waals surface area contributed by atoms with Crippen LogP contribution in [0.5, 0.6) is 0 Å². The minimum atomic E-state index is -1.99. The summed E-state index contributed by atoms with van der Waals surface area (Å²) in [7, 11) is -2.76. The Balaban J connectivity index is 1.58. The first-order valence-corrected chi connectivity index (χ1v) is 17.2. The summed E-state index contributed by atoms with van der Waals surface area (Å²) in [5.74, 6) is 0. The van der Waals surface area contributed by atoms with Crippen molar-refractivity contribution >= 4 is 26.1 Å². The maximum absolute atomic E-state index is 5.93. The molecule has 0 aliphatic carbocycles. The van der Waals surface area contributed by atoms with Crippen molar-refractivity contribution < 1.29 is 4.74 Å². The van der Waals surface area contributed by atoms with Crippen LogP contribution in [-0.4, -0.2) is 23.7 Å². The molecular weight excluding hydrogens is 500 g/mol. The molecule has 0 amide bonds. The molecule has 4 aromatic carbocycles. The van der Waals surface area contributed by atoms with Gasteiger partial charge in [-0.3, -0.25) is 0 Å². The van der Waals surface area contributed by atoms with Gasteiger partial charge in [-0.15, -0.1) is 0 Å². The van der Waals surface area contributed by atoms with Crippen LogP contribution in [0.4, 0.5) is 0 Å². The lowest BCUT2D eigenvalue weighted by atomic mass is 10.0. The number of nitrogens with zero attached hydrogens (tertiary/aromatic N) is 1. The molecule has 0 spiro atoms. The predicted octanol–water partition coefficient (Wildman–Crippen LogP) is 8.52. The largest absolute Gasteiger partial charge is 0.381 e. The minimum absolute atomic E-state index is 0.453. The molecule has 38 heavy (non-hydrogen) atoms. The van der Waals surface area contributed by atoms with E-state index < -0.39 is 15.5 Å². The number of ether oxygens (including phenoxy) is 1. The molecule has 2 atom stereocenters. The highest BCUT2D eigenvalue weighted by Gasteiger charge is 2.57. The van der Waals surface area contributed by atoms with E-state index in [2.05, 4.69) is 126 Å². The maximum atomic E-state index is 5.93. The predicted molar refractivity (Wildman–Crippen MR) is 165 cm³/mol. The third-order valence-electron chi connectivity index (χ3n) is 8.27. The Morgan fingerprint density at radius 1 is 0.579 bits per heavy atom. The molecule has 2 heterocycles. The van der Waals surface area contributed by atoms with Crippen molar-refractivity contribution in [3.05, 3.63) is 139 Å². The van der Waals surface area contributed by atoms with Crippen LogP contribution in [0.25, 0.3) is 0 Å². The molecule has 2 aliphatic rings. The van der Waals surface area contributed by atoms with Gasteiger partial charge in [0.2, 0.25) is 0 Å². The summed E-state index contributed by atoms with van der Waals surface area (Å²) in [5.41, 5.74) is 3.83. The fraction of sp³-hybridized carbons (Fsp3) is 0.265. The number of hydrogen-bond acceptors (Lipinski definition) is 2. The molecule has 0 aromatic heterocycles. The Kier molecular flexibility index (Phi) is 8.05. The SMILES string of the molecule is [CH2-][P+]1(N(C2CCOCC2)P(c2ccccc2)c2ccccc2)[C@@H](c2ccccc2)CC[C@@H]1c1ccccc1. The zero-order valence-electron chi connectivity index (χ0n) is 22.0. The quantitative estimate of drug-likeness (QED) is 0.173. The molecule has 2 fully saturated rings. The van der Waals surface area contributed by atoms with E-state index in [0.29, 0.717) is 17.4 Å². The van der Waals surface area contributed by atoms with Crippen LogP contribution in [-0.2, 0) is 4.74 Å². The molecule has 4 aromatic rings. The molecule has 0 unspecified atom stereocenters. The van der Waals surface area contributed by atoms with Crippen LogP contribution < -0.4 is 10.6 Å². The van der Waals surface area contributed by atoms with Crippen molar-refractivity contribution in [1.82, 2.24) is 4.44 Å². The molecular formula is C34H37NOP2. The van der Waals surface area contributed by atoms with Crippen LogP contribution in [0.3, 0.4) is 0 Å². The summed E-state index contributed by atoms with van der Waals surface area (Å²) in [6.07, 6.45) is 4.51. The molecule has 4 heteroatoms. The first-order valence-electron chi connectivity index (χ1n) is 13.9. The molecule has 194 valence electrons. The first kappa shape index (κ1) is 25.9. The fourth-order valence-electron chi connectivity index (χ4n) is 6.54. The first-order chi connectivity index (χ1) is 18.8. The summed E-state index contributed by atoms with van der Waals surface area (Å²) in [4.78, 5) is 0. The average Bonchev–Trinajstić information content (AvgIpc) is 3.35. The van der Waals surface area contributed by atoms with E-state index in [1.807, 2.05) is 0 Å². The smallest absolute Gasteiger partial charge is 0.0845 e. The fourth-order valence-corrected chi connectivity index (χ4v) is 15.9. The third kappa shape index (κ3) is 5.01. The van der Waals surface area contributed by atoms with Crippen LogP contribution in [0.15, 0.2) is 121 Å². The molecule has 0 bridgehead atoms. The zero-order valence-corrected chi connectivity index (χ0v) is 23.8. The van der Waals surface area contributed by atoms with Gasteiger partial charge in [0.1, 0.15) is 0 Å². The molecule has 2 nitrogen and oxygen atoms in total. The molecule has 2 aliphatic heterocycles. The normalized spacial score (nSPS) is 21.7. The van der Waals surface area contributed by atoms with Gasteiger partial charge >= 0.3 is 0 Å². The zero-order chi connectivity index (χ0) is 25.8. The van der Waals surface area contributed by atoms with E-state index in [1.54, 1.807) is 0 Å². The average molecular weight is 538 g/mol. The van der Waals surface area contributed by atoms with Crippen molar-refractivity contribution in [3.63, 3.8) is 0 Å². The number of hydrogen-bond donors (Lipinski definition) is 0. The topological polar surface area (TPSA) is 12.5 Å². The Morgan fingerprint density at radius 3 is 1.39 bits per heavy atom. The molecule has 2 saturated heterocycles. The van der Waals surface area contributed by atoms with Crippen LogP contribution in [0.1, 0.15) is 48.1 Å². The van der Waals surface area contributed by atoms with Gasteiger partial charge in [0.25, 0.3) is 0 Å². The highest BCUT2D eigenvalue weighted by atomic mass is 31.2.